The van der Waals surface area contributed by atoms with Gasteiger partial charge in [-0.15, -0.1) is 0 Å². The highest BCUT2D eigenvalue weighted by Gasteiger charge is 2.35. The number of carbonyl (C=O) groups excluding carboxylic acids is 1. The van der Waals surface area contributed by atoms with Crippen molar-refractivity contribution in [1.29, 1.82) is 0 Å². The molecule has 1 aliphatic heterocycles. The number of nitrogen functional groups attached to an aromatic ring is 1. The van der Waals surface area contributed by atoms with Gasteiger partial charge in [0.2, 0.25) is 0 Å². The Bertz CT molecular complexity index is 863. The lowest BCUT2D eigenvalue weighted by atomic mass is 10.1. The normalized spacial score (nSPS) is 12.6. The van der Waals surface area contributed by atoms with Crippen molar-refractivity contribution in [1.82, 2.24) is 5.43 Å². The molecule has 128 valence electrons. The minimum absolute atomic E-state index is 0.145. The summed E-state index contributed by atoms with van der Waals surface area (Å²) in [4.78, 5) is 34.8. The van der Waals surface area contributed by atoms with E-state index in [0.717, 1.165) is 17.7 Å². The summed E-state index contributed by atoms with van der Waals surface area (Å²) in [5.74, 6) is 4.18. The van der Waals surface area contributed by atoms with Crippen molar-refractivity contribution >= 4 is 28.7 Å². The first-order valence-corrected chi connectivity index (χ1v) is 7.27. The number of rotatable bonds is 4. The van der Waals surface area contributed by atoms with Crippen LogP contribution in [0.3, 0.4) is 0 Å². The van der Waals surface area contributed by atoms with E-state index in [1.54, 1.807) is 12.1 Å². The molecule has 0 saturated heterocycles. The predicted molar refractivity (Wildman–Crippen MR) is 88.6 cm³/mol. The van der Waals surface area contributed by atoms with Crippen molar-refractivity contribution in [3.63, 3.8) is 0 Å². The van der Waals surface area contributed by atoms with Crippen molar-refractivity contribution in [3.8, 4) is 0 Å². The van der Waals surface area contributed by atoms with E-state index in [1.807, 2.05) is 17.6 Å². The van der Waals surface area contributed by atoms with Crippen LogP contribution in [0.1, 0.15) is 15.9 Å². The smallest absolute Gasteiger partial charge is 0.300 e. The van der Waals surface area contributed by atoms with Crippen molar-refractivity contribution in [2.45, 2.75) is 6.42 Å². The van der Waals surface area contributed by atoms with Gasteiger partial charge in [0.05, 0.1) is 15.4 Å². The topological polar surface area (TPSA) is 145 Å². The Hall–Kier alpha value is -3.53. The second-order valence-electron chi connectivity index (χ2n) is 5.38. The molecule has 0 radical (unpaired) electrons. The number of nitrogens with zero attached hydrogens (tertiary/aromatic N) is 3. The predicted octanol–water partition coefficient (Wildman–Crippen LogP) is 1.80. The number of anilines is 2. The molecule has 0 unspecified atom stereocenters. The third-order valence-corrected chi connectivity index (χ3v) is 4.01. The Balaban J connectivity index is 2.27. The lowest BCUT2D eigenvalue weighted by Gasteiger charge is -2.19. The number of nitro groups is 2. The van der Waals surface area contributed by atoms with Crippen LogP contribution < -0.4 is 16.2 Å². The van der Waals surface area contributed by atoms with Crippen molar-refractivity contribution < 1.29 is 14.6 Å². The summed E-state index contributed by atoms with van der Waals surface area (Å²) in [7, 11) is 0. The van der Waals surface area contributed by atoms with Crippen molar-refractivity contribution in [3.05, 3.63) is 67.8 Å². The van der Waals surface area contributed by atoms with Gasteiger partial charge >= 0.3 is 11.4 Å². The van der Waals surface area contributed by atoms with E-state index in [1.165, 1.54) is 4.90 Å². The van der Waals surface area contributed by atoms with Gasteiger partial charge < -0.3 is 4.90 Å². The first-order chi connectivity index (χ1) is 11.9. The molecule has 2 aromatic rings. The highest BCUT2D eigenvalue weighted by atomic mass is 16.6. The fourth-order valence-corrected chi connectivity index (χ4v) is 2.94. The fourth-order valence-electron chi connectivity index (χ4n) is 2.94. The van der Waals surface area contributed by atoms with Crippen LogP contribution in [0.2, 0.25) is 0 Å². The number of nitro benzene ring substituents is 2. The molecule has 1 heterocycles. The monoisotopic (exact) mass is 343 g/mol. The highest BCUT2D eigenvalue weighted by Crippen LogP contribution is 2.45. The summed E-state index contributed by atoms with van der Waals surface area (Å²) >= 11 is 0. The second-order valence-corrected chi connectivity index (χ2v) is 5.38. The lowest BCUT2D eigenvalue weighted by molar-refractivity contribution is -0.392. The molecule has 0 saturated carbocycles. The van der Waals surface area contributed by atoms with E-state index < -0.39 is 27.1 Å². The number of hydrogen-bond acceptors (Lipinski definition) is 7. The standard InChI is InChI=1S/C15H13N5O5/c16-17-15(21)10-7-12(19(22)23)14(13(8-10)20(24)25)18-6-5-9-3-1-2-4-11(9)18/h1-4,7-8H,5-6,16H2,(H,17,21). The largest absolute Gasteiger partial charge is 0.330 e. The zero-order chi connectivity index (χ0) is 18.1. The van der Waals surface area contributed by atoms with Gasteiger partial charge in [0, 0.05) is 24.4 Å². The number of nitrogens with two attached hydrogens (primary N) is 1. The number of carbonyl (C=O) groups is 1. The van der Waals surface area contributed by atoms with Gasteiger partial charge in [-0.1, -0.05) is 18.2 Å². The van der Waals surface area contributed by atoms with Crippen molar-refractivity contribution in [2.75, 3.05) is 11.4 Å². The molecule has 0 spiro atoms. The first-order valence-electron chi connectivity index (χ1n) is 7.27. The average Bonchev–Trinajstić information content (AvgIpc) is 3.03. The van der Waals surface area contributed by atoms with Crippen LogP contribution >= 0.6 is 0 Å². The van der Waals surface area contributed by atoms with Crippen molar-refractivity contribution in [2.24, 2.45) is 5.84 Å². The van der Waals surface area contributed by atoms with Crippen LogP contribution in [0, 0.1) is 20.2 Å². The summed E-state index contributed by atoms with van der Waals surface area (Å²) in [5, 5.41) is 23.0. The molecule has 0 aliphatic carbocycles. The van der Waals surface area contributed by atoms with Crippen LogP contribution in [-0.2, 0) is 6.42 Å². The molecule has 3 rings (SSSR count). The zero-order valence-electron chi connectivity index (χ0n) is 12.8. The lowest BCUT2D eigenvalue weighted by Crippen LogP contribution is -2.30. The maximum Gasteiger partial charge on any atom is 0.300 e. The van der Waals surface area contributed by atoms with Crippen LogP contribution in [0.25, 0.3) is 0 Å². The number of amides is 1. The Labute approximate surface area is 141 Å². The summed E-state index contributed by atoms with van der Waals surface area (Å²) < 4.78 is 0. The summed E-state index contributed by atoms with van der Waals surface area (Å²) in [5.41, 5.74) is 1.99. The molecule has 10 heteroatoms. The molecule has 3 N–H and O–H groups in total. The van der Waals surface area contributed by atoms with E-state index in [9.17, 15) is 25.0 Å². The molecule has 0 bridgehead atoms. The SMILES string of the molecule is NNC(=O)c1cc([N+](=O)[O-])c(N2CCc3ccccc32)c([N+](=O)[O-])c1. The minimum Gasteiger partial charge on any atom is -0.330 e. The van der Waals surface area contributed by atoms with Gasteiger partial charge in [-0.3, -0.25) is 30.4 Å². The Morgan fingerprint density at radius 1 is 1.12 bits per heavy atom. The van der Waals surface area contributed by atoms with Crippen LogP contribution in [0.5, 0.6) is 0 Å². The van der Waals surface area contributed by atoms with E-state index in [0.29, 0.717) is 18.7 Å². The van der Waals surface area contributed by atoms with Crippen LogP contribution in [-0.4, -0.2) is 22.3 Å². The molecule has 0 atom stereocenters. The first kappa shape index (κ1) is 16.3. The number of hydrogen-bond donors (Lipinski definition) is 2. The molecule has 25 heavy (non-hydrogen) atoms. The van der Waals surface area contributed by atoms with Gasteiger partial charge in [-0.25, -0.2) is 5.84 Å². The number of fused-ring (bicyclic) bond motifs is 1. The van der Waals surface area contributed by atoms with Gasteiger partial charge in [0.1, 0.15) is 0 Å². The fraction of sp³-hybridized carbons (Fsp3) is 0.133. The number of hydrazine groups is 1. The van der Waals surface area contributed by atoms with E-state index in [2.05, 4.69) is 0 Å². The summed E-state index contributed by atoms with van der Waals surface area (Å²) in [6.45, 7) is 0.365. The van der Waals surface area contributed by atoms with E-state index in [4.69, 9.17) is 5.84 Å². The molecule has 0 fully saturated rings. The highest BCUT2D eigenvalue weighted by molar-refractivity contribution is 5.98. The summed E-state index contributed by atoms with van der Waals surface area (Å²) in [6, 6.07) is 9.18. The molecular weight excluding hydrogens is 330 g/mol. The Morgan fingerprint density at radius 3 is 2.28 bits per heavy atom. The second kappa shape index (κ2) is 6.17. The molecule has 2 aromatic carbocycles. The van der Waals surface area contributed by atoms with Gasteiger partial charge in [-0.2, -0.15) is 0 Å². The molecule has 1 amide bonds. The maximum atomic E-state index is 11.7. The van der Waals surface area contributed by atoms with Crippen LogP contribution in [0.4, 0.5) is 22.7 Å². The van der Waals surface area contributed by atoms with Gasteiger partial charge in [0.15, 0.2) is 5.69 Å². The number of nitrogens with one attached hydrogen (secondary N) is 1. The number of para-hydroxylation sites is 1. The number of benzene rings is 2. The Kier molecular flexibility index (Phi) is 4.03. The molecule has 10 nitrogen and oxygen atoms in total. The summed E-state index contributed by atoms with van der Waals surface area (Å²) in [6.07, 6.45) is 0.607. The minimum atomic E-state index is -0.848. The molecular formula is C15H13N5O5. The van der Waals surface area contributed by atoms with E-state index >= 15 is 0 Å². The van der Waals surface area contributed by atoms with Crippen LogP contribution in [0.15, 0.2) is 36.4 Å². The third kappa shape index (κ3) is 2.74. The third-order valence-electron chi connectivity index (χ3n) is 4.01. The maximum absolute atomic E-state index is 11.7. The zero-order valence-corrected chi connectivity index (χ0v) is 12.8. The quantitative estimate of drug-likeness (QED) is 0.372. The van der Waals surface area contributed by atoms with Gasteiger partial charge in [0.25, 0.3) is 5.91 Å². The molecule has 1 aliphatic rings. The van der Waals surface area contributed by atoms with E-state index in [-0.39, 0.29) is 11.3 Å². The molecule has 0 aromatic heterocycles. The Morgan fingerprint density at radius 2 is 1.72 bits per heavy atom. The van der Waals surface area contributed by atoms with Gasteiger partial charge in [-0.05, 0) is 18.1 Å². The average molecular weight is 343 g/mol.